The zero-order chi connectivity index (χ0) is 17.5. The minimum Gasteiger partial charge on any atom is -0.492 e. The maximum absolute atomic E-state index is 12.1. The second-order valence-electron chi connectivity index (χ2n) is 5.88. The van der Waals surface area contributed by atoms with Crippen LogP contribution in [0, 0.1) is 6.92 Å². The van der Waals surface area contributed by atoms with Gasteiger partial charge in [-0.3, -0.25) is 9.69 Å². The van der Waals surface area contributed by atoms with E-state index in [4.69, 9.17) is 9.47 Å². The van der Waals surface area contributed by atoms with E-state index < -0.39 is 0 Å². The topological polar surface area (TPSA) is 63.7 Å². The molecule has 1 N–H and O–H groups in total. The molecule has 0 aliphatic carbocycles. The van der Waals surface area contributed by atoms with Gasteiger partial charge in [0.1, 0.15) is 17.2 Å². The number of hydrogen-bond acceptors (Lipinski definition) is 6. The number of amides is 1. The Kier molecular flexibility index (Phi) is 6.38. The van der Waals surface area contributed by atoms with Gasteiger partial charge < -0.3 is 14.8 Å². The van der Waals surface area contributed by atoms with Gasteiger partial charge in [0.15, 0.2) is 0 Å². The van der Waals surface area contributed by atoms with Gasteiger partial charge in [-0.2, -0.15) is 0 Å². The molecule has 1 fully saturated rings. The van der Waals surface area contributed by atoms with Crippen LogP contribution in [0.5, 0.6) is 5.75 Å². The molecule has 1 aromatic heterocycles. The molecule has 1 aromatic carbocycles. The highest BCUT2D eigenvalue weighted by Gasteiger charge is 2.10. The molecule has 0 radical (unpaired) electrons. The van der Waals surface area contributed by atoms with E-state index in [0.29, 0.717) is 18.0 Å². The smallest absolute Gasteiger partial charge is 0.263 e. The number of rotatable bonds is 7. The van der Waals surface area contributed by atoms with Crippen molar-refractivity contribution in [3.05, 3.63) is 45.9 Å². The molecular formula is C18H23N3O3S. The Bertz CT molecular complexity index is 698. The summed E-state index contributed by atoms with van der Waals surface area (Å²) in [6.07, 6.45) is 1.61. The van der Waals surface area contributed by atoms with E-state index in [1.54, 1.807) is 6.20 Å². The summed E-state index contributed by atoms with van der Waals surface area (Å²) in [4.78, 5) is 19.2. The van der Waals surface area contributed by atoms with E-state index in [-0.39, 0.29) is 5.91 Å². The van der Waals surface area contributed by atoms with Gasteiger partial charge >= 0.3 is 0 Å². The molecule has 0 unspecified atom stereocenters. The Morgan fingerprint density at radius 3 is 3.00 bits per heavy atom. The van der Waals surface area contributed by atoms with Crippen molar-refractivity contribution in [3.8, 4) is 5.75 Å². The molecule has 0 saturated carbocycles. The number of thiazole rings is 1. The maximum Gasteiger partial charge on any atom is 0.263 e. The van der Waals surface area contributed by atoms with E-state index in [0.717, 1.165) is 49.2 Å². The number of hydrogen-bond donors (Lipinski definition) is 1. The van der Waals surface area contributed by atoms with Gasteiger partial charge in [0.25, 0.3) is 5.91 Å². The predicted octanol–water partition coefficient (Wildman–Crippen LogP) is 2.09. The van der Waals surface area contributed by atoms with Gasteiger partial charge in [0, 0.05) is 26.2 Å². The molecule has 2 aromatic rings. The molecule has 134 valence electrons. The molecular weight excluding hydrogens is 338 g/mol. The van der Waals surface area contributed by atoms with Crippen LogP contribution in [0.1, 0.15) is 20.2 Å². The van der Waals surface area contributed by atoms with Crippen LogP contribution in [0.3, 0.4) is 0 Å². The number of carbonyl (C=O) groups is 1. The third-order valence-electron chi connectivity index (χ3n) is 3.98. The summed E-state index contributed by atoms with van der Waals surface area (Å²) in [5.74, 6) is 0.734. The van der Waals surface area contributed by atoms with Gasteiger partial charge in [-0.15, -0.1) is 11.3 Å². The van der Waals surface area contributed by atoms with Crippen molar-refractivity contribution in [1.82, 2.24) is 15.2 Å². The van der Waals surface area contributed by atoms with E-state index in [2.05, 4.69) is 15.2 Å². The fourth-order valence-electron chi connectivity index (χ4n) is 2.60. The molecule has 7 heteroatoms. The predicted molar refractivity (Wildman–Crippen MR) is 97.2 cm³/mol. The molecule has 1 aliphatic heterocycles. The Hall–Kier alpha value is -1.96. The number of morpholine rings is 1. The van der Waals surface area contributed by atoms with Crippen molar-refractivity contribution in [1.29, 1.82) is 0 Å². The fraction of sp³-hybridized carbons (Fsp3) is 0.444. The third-order valence-corrected chi connectivity index (χ3v) is 4.89. The number of aryl methyl sites for hydroxylation is 1. The lowest BCUT2D eigenvalue weighted by Gasteiger charge is -2.26. The molecule has 1 amide bonds. The van der Waals surface area contributed by atoms with Crippen molar-refractivity contribution in [2.45, 2.75) is 13.5 Å². The molecule has 0 atom stereocenters. The Morgan fingerprint density at radius 1 is 1.40 bits per heavy atom. The van der Waals surface area contributed by atoms with Crippen LogP contribution in [0.25, 0.3) is 0 Å². The summed E-state index contributed by atoms with van der Waals surface area (Å²) in [5.41, 5.74) is 1.01. The Balaban J connectivity index is 1.45. The average Bonchev–Trinajstić information content (AvgIpc) is 3.07. The maximum atomic E-state index is 12.1. The molecule has 1 saturated heterocycles. The molecule has 3 rings (SSSR count). The lowest BCUT2D eigenvalue weighted by atomic mass is 10.2. The van der Waals surface area contributed by atoms with Gasteiger partial charge in [0.2, 0.25) is 0 Å². The van der Waals surface area contributed by atoms with Crippen LogP contribution in [-0.2, 0) is 11.3 Å². The largest absolute Gasteiger partial charge is 0.492 e. The standard InChI is InChI=1S/C18H23N3O3S/c1-14-19-13-17(25-14)18(22)20-12-15-3-2-4-16(11-15)24-10-7-21-5-8-23-9-6-21/h2-4,11,13H,5-10,12H2,1H3,(H,20,22). The lowest BCUT2D eigenvalue weighted by Crippen LogP contribution is -2.38. The zero-order valence-corrected chi connectivity index (χ0v) is 15.2. The summed E-state index contributed by atoms with van der Waals surface area (Å²) in [7, 11) is 0. The van der Waals surface area contributed by atoms with Gasteiger partial charge in [-0.25, -0.2) is 4.98 Å². The van der Waals surface area contributed by atoms with Crippen LogP contribution in [-0.4, -0.2) is 55.2 Å². The van der Waals surface area contributed by atoms with Crippen LogP contribution in [0.4, 0.5) is 0 Å². The number of aromatic nitrogens is 1. The molecule has 2 heterocycles. The molecule has 1 aliphatic rings. The minimum absolute atomic E-state index is 0.0933. The monoisotopic (exact) mass is 361 g/mol. The van der Waals surface area contributed by atoms with Gasteiger partial charge in [-0.1, -0.05) is 12.1 Å². The number of ether oxygens (including phenoxy) is 2. The summed E-state index contributed by atoms with van der Waals surface area (Å²) in [6, 6.07) is 7.84. The molecule has 25 heavy (non-hydrogen) atoms. The summed E-state index contributed by atoms with van der Waals surface area (Å²) >= 11 is 1.40. The van der Waals surface area contributed by atoms with Crippen molar-refractivity contribution in [2.24, 2.45) is 0 Å². The van der Waals surface area contributed by atoms with Crippen molar-refractivity contribution >= 4 is 17.2 Å². The lowest BCUT2D eigenvalue weighted by molar-refractivity contribution is 0.0322. The van der Waals surface area contributed by atoms with Crippen LogP contribution in [0.2, 0.25) is 0 Å². The molecule has 0 bridgehead atoms. The minimum atomic E-state index is -0.0933. The summed E-state index contributed by atoms with van der Waals surface area (Å²) in [6.45, 7) is 7.43. The second-order valence-corrected chi connectivity index (χ2v) is 7.11. The Morgan fingerprint density at radius 2 is 2.24 bits per heavy atom. The first kappa shape index (κ1) is 17.8. The molecule has 6 nitrogen and oxygen atoms in total. The van der Waals surface area contributed by atoms with Crippen molar-refractivity contribution < 1.29 is 14.3 Å². The van der Waals surface area contributed by atoms with Crippen LogP contribution < -0.4 is 10.1 Å². The average molecular weight is 361 g/mol. The quantitative estimate of drug-likeness (QED) is 0.818. The second kappa shape index (κ2) is 8.94. The highest BCUT2D eigenvalue weighted by molar-refractivity contribution is 7.13. The zero-order valence-electron chi connectivity index (χ0n) is 14.4. The number of nitrogens with zero attached hydrogens (tertiary/aromatic N) is 2. The van der Waals surface area contributed by atoms with E-state index in [9.17, 15) is 4.79 Å². The number of nitrogens with one attached hydrogen (secondary N) is 1. The SMILES string of the molecule is Cc1ncc(C(=O)NCc2cccc(OCCN3CCOCC3)c2)s1. The number of carbonyl (C=O) groups excluding carboxylic acids is 1. The van der Waals surface area contributed by atoms with Crippen molar-refractivity contribution in [3.63, 3.8) is 0 Å². The first-order valence-electron chi connectivity index (χ1n) is 8.43. The summed E-state index contributed by atoms with van der Waals surface area (Å²) < 4.78 is 11.2. The third kappa shape index (κ3) is 5.52. The normalized spacial score (nSPS) is 15.1. The first-order valence-corrected chi connectivity index (χ1v) is 9.25. The number of benzene rings is 1. The first-order chi connectivity index (χ1) is 12.2. The van der Waals surface area contributed by atoms with Crippen LogP contribution >= 0.6 is 11.3 Å². The van der Waals surface area contributed by atoms with Crippen LogP contribution in [0.15, 0.2) is 30.5 Å². The van der Waals surface area contributed by atoms with E-state index in [1.807, 2.05) is 31.2 Å². The van der Waals surface area contributed by atoms with Gasteiger partial charge in [0.05, 0.1) is 24.4 Å². The summed E-state index contributed by atoms with van der Waals surface area (Å²) in [5, 5.41) is 3.81. The van der Waals surface area contributed by atoms with Crippen molar-refractivity contribution in [2.75, 3.05) is 39.5 Å². The van der Waals surface area contributed by atoms with E-state index in [1.165, 1.54) is 11.3 Å². The highest BCUT2D eigenvalue weighted by Crippen LogP contribution is 2.15. The highest BCUT2D eigenvalue weighted by atomic mass is 32.1. The van der Waals surface area contributed by atoms with Gasteiger partial charge in [-0.05, 0) is 24.6 Å². The molecule has 0 spiro atoms. The Labute approximate surface area is 151 Å². The fourth-order valence-corrected chi connectivity index (χ4v) is 3.29. The van der Waals surface area contributed by atoms with E-state index >= 15 is 0 Å².